The minimum atomic E-state index is -4.73. The molecule has 7 heteroatoms. The summed E-state index contributed by atoms with van der Waals surface area (Å²) in [5, 5.41) is 8.35. The maximum atomic E-state index is 10.3. The standard InChI is InChI=1S/C5H9O6P/c1-2-3-4(5(6)7)11-12(8,9)10/h2,4H,1,3H2,(H,6,7)(H2,8,9,10). The van der Waals surface area contributed by atoms with E-state index in [2.05, 4.69) is 11.1 Å². The Labute approximate surface area is 68.7 Å². The van der Waals surface area contributed by atoms with Crippen molar-refractivity contribution in [3.63, 3.8) is 0 Å². The van der Waals surface area contributed by atoms with Crippen LogP contribution in [0.4, 0.5) is 0 Å². The highest BCUT2D eigenvalue weighted by atomic mass is 31.2. The zero-order chi connectivity index (χ0) is 9.78. The summed E-state index contributed by atoms with van der Waals surface area (Å²) >= 11 is 0. The molecule has 1 unspecified atom stereocenters. The molecule has 0 saturated carbocycles. The SMILES string of the molecule is C=CCC(OP(=O)(O)O)C(=O)O. The fraction of sp³-hybridized carbons (Fsp3) is 0.400. The fourth-order valence-corrected chi connectivity index (χ4v) is 1.01. The van der Waals surface area contributed by atoms with Crippen molar-refractivity contribution in [1.29, 1.82) is 0 Å². The molecule has 3 N–H and O–H groups in total. The van der Waals surface area contributed by atoms with E-state index in [4.69, 9.17) is 14.9 Å². The van der Waals surface area contributed by atoms with Crippen molar-refractivity contribution in [1.82, 2.24) is 0 Å². The molecule has 0 fully saturated rings. The summed E-state index contributed by atoms with van der Waals surface area (Å²) in [6.45, 7) is 3.22. The second-order valence-electron chi connectivity index (χ2n) is 1.95. The number of carboxylic acids is 1. The lowest BCUT2D eigenvalue weighted by molar-refractivity contribution is -0.145. The summed E-state index contributed by atoms with van der Waals surface area (Å²) < 4.78 is 14.1. The number of carboxylic acid groups (broad SMARTS) is 1. The summed E-state index contributed by atoms with van der Waals surface area (Å²) in [5.74, 6) is -1.43. The van der Waals surface area contributed by atoms with Crippen molar-refractivity contribution in [3.05, 3.63) is 12.7 Å². The normalized spacial score (nSPS) is 13.8. The van der Waals surface area contributed by atoms with Gasteiger partial charge >= 0.3 is 13.8 Å². The third-order valence-corrected chi connectivity index (χ3v) is 1.45. The van der Waals surface area contributed by atoms with Crippen LogP contribution in [0.1, 0.15) is 6.42 Å². The number of phosphoric ester groups is 1. The van der Waals surface area contributed by atoms with E-state index in [9.17, 15) is 9.36 Å². The minimum Gasteiger partial charge on any atom is -0.479 e. The first-order valence-corrected chi connectivity index (χ1v) is 4.47. The Hall–Kier alpha value is -0.680. The number of rotatable bonds is 5. The minimum absolute atomic E-state index is 0.152. The first-order valence-electron chi connectivity index (χ1n) is 2.94. The van der Waals surface area contributed by atoms with Crippen LogP contribution in [0.25, 0.3) is 0 Å². The molecule has 0 heterocycles. The van der Waals surface area contributed by atoms with Crippen LogP contribution < -0.4 is 0 Å². The van der Waals surface area contributed by atoms with Gasteiger partial charge in [-0.15, -0.1) is 6.58 Å². The topological polar surface area (TPSA) is 104 Å². The smallest absolute Gasteiger partial charge is 0.470 e. The quantitative estimate of drug-likeness (QED) is 0.426. The molecule has 0 aromatic heterocycles. The first kappa shape index (κ1) is 11.3. The van der Waals surface area contributed by atoms with Crippen molar-refractivity contribution >= 4 is 13.8 Å². The summed E-state index contributed by atoms with van der Waals surface area (Å²) in [6.07, 6.45) is -0.488. The molecule has 0 spiro atoms. The lowest BCUT2D eigenvalue weighted by Gasteiger charge is -2.11. The van der Waals surface area contributed by atoms with Crippen LogP contribution in [-0.2, 0) is 13.9 Å². The van der Waals surface area contributed by atoms with Crippen LogP contribution in [0.2, 0.25) is 0 Å². The van der Waals surface area contributed by atoms with Gasteiger partial charge in [-0.1, -0.05) is 6.08 Å². The molecule has 0 aromatic carbocycles. The monoisotopic (exact) mass is 196 g/mol. The summed E-state index contributed by atoms with van der Waals surface area (Å²) in [5.41, 5.74) is 0. The highest BCUT2D eigenvalue weighted by molar-refractivity contribution is 7.46. The van der Waals surface area contributed by atoms with E-state index in [0.29, 0.717) is 0 Å². The maximum absolute atomic E-state index is 10.3. The van der Waals surface area contributed by atoms with Gasteiger partial charge in [-0.05, 0) is 0 Å². The van der Waals surface area contributed by atoms with Crippen LogP contribution in [-0.4, -0.2) is 27.0 Å². The predicted octanol–water partition coefficient (Wildman–Crippen LogP) is 0.125. The average molecular weight is 196 g/mol. The highest BCUT2D eigenvalue weighted by Crippen LogP contribution is 2.38. The van der Waals surface area contributed by atoms with Gasteiger partial charge in [0.15, 0.2) is 6.10 Å². The van der Waals surface area contributed by atoms with Gasteiger partial charge in [-0.25, -0.2) is 9.36 Å². The molecule has 12 heavy (non-hydrogen) atoms. The Morgan fingerprint density at radius 1 is 1.67 bits per heavy atom. The van der Waals surface area contributed by atoms with Crippen LogP contribution in [0, 0.1) is 0 Å². The molecular formula is C5H9O6P. The molecule has 0 aliphatic heterocycles. The Kier molecular flexibility index (Phi) is 4.12. The molecule has 70 valence electrons. The van der Waals surface area contributed by atoms with E-state index in [-0.39, 0.29) is 6.42 Å². The summed E-state index contributed by atoms with van der Waals surface area (Å²) in [6, 6.07) is 0. The lowest BCUT2D eigenvalue weighted by atomic mass is 10.2. The van der Waals surface area contributed by atoms with Gasteiger partial charge in [0.1, 0.15) is 0 Å². The molecule has 0 amide bonds. The van der Waals surface area contributed by atoms with Crippen LogP contribution in [0.5, 0.6) is 0 Å². The van der Waals surface area contributed by atoms with Gasteiger partial charge in [0.25, 0.3) is 0 Å². The van der Waals surface area contributed by atoms with Gasteiger partial charge < -0.3 is 14.9 Å². The van der Waals surface area contributed by atoms with E-state index in [1.54, 1.807) is 0 Å². The van der Waals surface area contributed by atoms with Gasteiger partial charge in [-0.2, -0.15) is 0 Å². The predicted molar refractivity (Wildman–Crippen MR) is 39.4 cm³/mol. The maximum Gasteiger partial charge on any atom is 0.470 e. The van der Waals surface area contributed by atoms with Crippen molar-refractivity contribution in [3.8, 4) is 0 Å². The largest absolute Gasteiger partial charge is 0.479 e. The molecular weight excluding hydrogens is 187 g/mol. The molecule has 1 atom stereocenters. The number of hydrogen-bond donors (Lipinski definition) is 3. The van der Waals surface area contributed by atoms with Gasteiger partial charge in [0, 0.05) is 6.42 Å². The Bertz CT molecular complexity index is 218. The molecule has 0 bridgehead atoms. The highest BCUT2D eigenvalue weighted by Gasteiger charge is 2.26. The van der Waals surface area contributed by atoms with Gasteiger partial charge in [0.2, 0.25) is 0 Å². The third-order valence-electron chi connectivity index (χ3n) is 0.921. The third kappa shape index (κ3) is 5.03. The molecule has 6 nitrogen and oxygen atoms in total. The second kappa shape index (κ2) is 4.37. The van der Waals surface area contributed by atoms with Crippen LogP contribution in [0.3, 0.4) is 0 Å². The molecule has 0 radical (unpaired) electrons. The zero-order valence-electron chi connectivity index (χ0n) is 6.08. The Balaban J connectivity index is 4.23. The van der Waals surface area contributed by atoms with Crippen LogP contribution in [0.15, 0.2) is 12.7 Å². The number of phosphoric acid groups is 1. The Morgan fingerprint density at radius 2 is 2.17 bits per heavy atom. The van der Waals surface area contributed by atoms with E-state index < -0.39 is 19.9 Å². The molecule has 0 saturated heterocycles. The van der Waals surface area contributed by atoms with Crippen molar-refractivity contribution < 1.29 is 28.8 Å². The Morgan fingerprint density at radius 3 is 2.42 bits per heavy atom. The number of hydrogen-bond acceptors (Lipinski definition) is 3. The first-order chi connectivity index (χ1) is 5.37. The van der Waals surface area contributed by atoms with Gasteiger partial charge in [-0.3, -0.25) is 4.52 Å². The van der Waals surface area contributed by atoms with Crippen molar-refractivity contribution in [2.75, 3.05) is 0 Å². The van der Waals surface area contributed by atoms with E-state index in [1.807, 2.05) is 0 Å². The molecule has 0 aliphatic rings. The van der Waals surface area contributed by atoms with Crippen LogP contribution >= 0.6 is 7.82 Å². The van der Waals surface area contributed by atoms with Gasteiger partial charge in [0.05, 0.1) is 0 Å². The fourth-order valence-electron chi connectivity index (χ4n) is 0.506. The molecule has 0 aliphatic carbocycles. The molecule has 0 rings (SSSR count). The number of aliphatic carboxylic acids is 1. The van der Waals surface area contributed by atoms with Crippen molar-refractivity contribution in [2.45, 2.75) is 12.5 Å². The number of carbonyl (C=O) groups is 1. The summed E-state index contributed by atoms with van der Waals surface area (Å²) in [4.78, 5) is 26.8. The zero-order valence-corrected chi connectivity index (χ0v) is 6.98. The molecule has 0 aromatic rings. The lowest BCUT2D eigenvalue weighted by Crippen LogP contribution is -2.21. The van der Waals surface area contributed by atoms with E-state index in [1.165, 1.54) is 6.08 Å². The van der Waals surface area contributed by atoms with Crippen molar-refractivity contribution in [2.24, 2.45) is 0 Å². The summed E-state index contributed by atoms with van der Waals surface area (Å²) in [7, 11) is -4.73. The average Bonchev–Trinajstić information content (AvgIpc) is 1.83. The van der Waals surface area contributed by atoms with E-state index in [0.717, 1.165) is 0 Å². The van der Waals surface area contributed by atoms with E-state index >= 15 is 0 Å². The second-order valence-corrected chi connectivity index (χ2v) is 3.14.